The van der Waals surface area contributed by atoms with Gasteiger partial charge < -0.3 is 0 Å². The van der Waals surface area contributed by atoms with Gasteiger partial charge in [0.15, 0.2) is 5.65 Å². The first-order valence-corrected chi connectivity index (χ1v) is 10.8. The Morgan fingerprint density at radius 2 is 1.76 bits per heavy atom. The molecular formula is C26H22N6O. The molecule has 0 saturated heterocycles. The summed E-state index contributed by atoms with van der Waals surface area (Å²) in [5.41, 5.74) is 5.83. The highest BCUT2D eigenvalue weighted by molar-refractivity contribution is 5.67. The van der Waals surface area contributed by atoms with Crippen molar-refractivity contribution < 1.29 is 0 Å². The smallest absolute Gasteiger partial charge is 0.276 e. The highest BCUT2D eigenvalue weighted by atomic mass is 16.1. The third kappa shape index (κ3) is 3.72. The molecule has 5 rings (SSSR count). The standard InChI is InChI=1S/C26H22N6O/c1-17(2)23-24(30-25-21(12-27)13-29-32(25)26(23)33)22-14-28-31(16-22)15-18-8-10-20(11-9-18)19-6-4-3-5-7-19/h3-11,13-14,16-17,29H,15H2,1-2H3. The normalized spacial score (nSPS) is 11.2. The van der Waals surface area contributed by atoms with Gasteiger partial charge in [-0.3, -0.25) is 14.6 Å². The zero-order valence-electron chi connectivity index (χ0n) is 18.4. The van der Waals surface area contributed by atoms with E-state index >= 15 is 0 Å². The Labute approximate surface area is 190 Å². The van der Waals surface area contributed by atoms with E-state index < -0.39 is 0 Å². The number of aromatic amines is 1. The number of hydrogen-bond acceptors (Lipinski definition) is 4. The quantitative estimate of drug-likeness (QED) is 0.438. The summed E-state index contributed by atoms with van der Waals surface area (Å²) in [4.78, 5) is 17.8. The molecule has 7 nitrogen and oxygen atoms in total. The van der Waals surface area contributed by atoms with Crippen molar-refractivity contribution in [3.8, 4) is 28.5 Å². The van der Waals surface area contributed by atoms with Crippen molar-refractivity contribution in [3.05, 3.63) is 100 Å². The lowest BCUT2D eigenvalue weighted by molar-refractivity contribution is 0.687. The Bertz CT molecular complexity index is 1530. The summed E-state index contributed by atoms with van der Waals surface area (Å²) < 4.78 is 3.17. The van der Waals surface area contributed by atoms with E-state index in [2.05, 4.69) is 57.6 Å². The van der Waals surface area contributed by atoms with Crippen LogP contribution in [-0.2, 0) is 6.54 Å². The first kappa shape index (κ1) is 20.5. The maximum atomic E-state index is 13.1. The molecule has 7 heteroatoms. The molecule has 0 aliphatic rings. The Kier molecular flexibility index (Phi) is 5.11. The highest BCUT2D eigenvalue weighted by Gasteiger charge is 2.20. The van der Waals surface area contributed by atoms with Gasteiger partial charge in [0.1, 0.15) is 11.6 Å². The molecule has 1 N–H and O–H groups in total. The van der Waals surface area contributed by atoms with Gasteiger partial charge in [-0.2, -0.15) is 10.4 Å². The molecule has 0 fully saturated rings. The van der Waals surface area contributed by atoms with Gasteiger partial charge in [0, 0.05) is 23.5 Å². The molecule has 0 saturated carbocycles. The van der Waals surface area contributed by atoms with Crippen LogP contribution >= 0.6 is 0 Å². The van der Waals surface area contributed by atoms with E-state index in [4.69, 9.17) is 0 Å². The van der Waals surface area contributed by atoms with Gasteiger partial charge in [-0.1, -0.05) is 68.4 Å². The predicted octanol–water partition coefficient (Wildman–Crippen LogP) is 4.60. The summed E-state index contributed by atoms with van der Waals surface area (Å²) in [6.45, 7) is 4.52. The minimum Gasteiger partial charge on any atom is -0.295 e. The fourth-order valence-corrected chi connectivity index (χ4v) is 4.04. The van der Waals surface area contributed by atoms with Crippen LogP contribution in [0.4, 0.5) is 0 Å². The Balaban J connectivity index is 1.48. The lowest BCUT2D eigenvalue weighted by Gasteiger charge is -2.10. The molecule has 0 spiro atoms. The second-order valence-electron chi connectivity index (χ2n) is 8.28. The lowest BCUT2D eigenvalue weighted by atomic mass is 10.00. The number of nitrogens with zero attached hydrogens (tertiary/aromatic N) is 5. The second kappa shape index (κ2) is 8.24. The summed E-state index contributed by atoms with van der Waals surface area (Å²) >= 11 is 0. The van der Waals surface area contributed by atoms with E-state index in [9.17, 15) is 10.1 Å². The molecule has 0 aliphatic heterocycles. The number of H-pyrrole nitrogens is 1. The molecule has 162 valence electrons. The molecule has 3 aromatic heterocycles. The SMILES string of the molecule is CC(C)c1c(-c2cnn(Cc3ccc(-c4ccccc4)cc3)c2)nc2c(C#N)c[nH]n2c1=O. The number of rotatable bonds is 5. The zero-order valence-corrected chi connectivity index (χ0v) is 18.4. The van der Waals surface area contributed by atoms with Gasteiger partial charge in [-0.15, -0.1) is 0 Å². The van der Waals surface area contributed by atoms with Crippen LogP contribution in [0.15, 0.2) is 78.0 Å². The van der Waals surface area contributed by atoms with Crippen LogP contribution in [-0.4, -0.2) is 24.4 Å². The molecule has 0 aliphatic carbocycles. The Morgan fingerprint density at radius 1 is 1.03 bits per heavy atom. The number of fused-ring (bicyclic) bond motifs is 1. The van der Waals surface area contributed by atoms with E-state index in [-0.39, 0.29) is 11.5 Å². The van der Waals surface area contributed by atoms with Crippen LogP contribution in [0, 0.1) is 11.3 Å². The molecule has 33 heavy (non-hydrogen) atoms. The minimum absolute atomic E-state index is 0.0420. The van der Waals surface area contributed by atoms with Gasteiger partial charge in [0.2, 0.25) is 0 Å². The van der Waals surface area contributed by atoms with Gasteiger partial charge in [-0.25, -0.2) is 9.50 Å². The zero-order chi connectivity index (χ0) is 22.9. The van der Waals surface area contributed by atoms with E-state index in [1.54, 1.807) is 6.20 Å². The molecule has 0 unspecified atom stereocenters. The summed E-state index contributed by atoms with van der Waals surface area (Å²) in [5.74, 6) is -0.0420. The van der Waals surface area contributed by atoms with E-state index in [0.717, 1.165) is 11.1 Å². The Morgan fingerprint density at radius 3 is 2.45 bits per heavy atom. The topological polar surface area (TPSA) is 91.8 Å². The molecule has 0 radical (unpaired) electrons. The maximum absolute atomic E-state index is 13.1. The maximum Gasteiger partial charge on any atom is 0.276 e. The minimum atomic E-state index is -0.198. The number of nitriles is 1. The summed E-state index contributed by atoms with van der Waals surface area (Å²) in [5, 5.41) is 16.7. The summed E-state index contributed by atoms with van der Waals surface area (Å²) in [6, 6.07) is 20.8. The van der Waals surface area contributed by atoms with Crippen LogP contribution in [0.3, 0.4) is 0 Å². The van der Waals surface area contributed by atoms with Crippen molar-refractivity contribution in [2.45, 2.75) is 26.3 Å². The van der Waals surface area contributed by atoms with Crippen molar-refractivity contribution in [2.24, 2.45) is 0 Å². The van der Waals surface area contributed by atoms with Crippen molar-refractivity contribution in [2.75, 3.05) is 0 Å². The van der Waals surface area contributed by atoms with Gasteiger partial charge in [0.05, 0.1) is 18.4 Å². The number of nitrogens with one attached hydrogen (secondary N) is 1. The van der Waals surface area contributed by atoms with Gasteiger partial charge in [-0.05, 0) is 22.6 Å². The molecule has 5 aromatic rings. The average molecular weight is 435 g/mol. The highest BCUT2D eigenvalue weighted by Crippen LogP contribution is 2.26. The van der Waals surface area contributed by atoms with Crippen LogP contribution in [0.5, 0.6) is 0 Å². The molecule has 0 atom stereocenters. The Hall–Kier alpha value is -4.44. The van der Waals surface area contributed by atoms with Crippen LogP contribution in [0.25, 0.3) is 28.0 Å². The number of hydrogen-bond donors (Lipinski definition) is 1. The largest absolute Gasteiger partial charge is 0.295 e. The van der Waals surface area contributed by atoms with E-state index in [0.29, 0.717) is 29.0 Å². The monoisotopic (exact) mass is 434 g/mol. The number of benzene rings is 2. The van der Waals surface area contributed by atoms with Crippen LogP contribution in [0.2, 0.25) is 0 Å². The molecular weight excluding hydrogens is 412 g/mol. The van der Waals surface area contributed by atoms with E-state index in [1.165, 1.54) is 21.8 Å². The second-order valence-corrected chi connectivity index (χ2v) is 8.28. The van der Waals surface area contributed by atoms with Gasteiger partial charge in [0.25, 0.3) is 5.56 Å². The van der Waals surface area contributed by atoms with Crippen molar-refractivity contribution in [1.29, 1.82) is 5.26 Å². The predicted molar refractivity (Wildman–Crippen MR) is 127 cm³/mol. The van der Waals surface area contributed by atoms with Crippen LogP contribution < -0.4 is 5.56 Å². The molecule has 0 amide bonds. The molecule has 3 heterocycles. The van der Waals surface area contributed by atoms with Crippen molar-refractivity contribution in [1.82, 2.24) is 24.4 Å². The fraction of sp³-hybridized carbons (Fsp3) is 0.154. The third-order valence-corrected chi connectivity index (χ3v) is 5.71. The number of aromatic nitrogens is 5. The van der Waals surface area contributed by atoms with Crippen molar-refractivity contribution in [3.63, 3.8) is 0 Å². The first-order valence-electron chi connectivity index (χ1n) is 10.8. The van der Waals surface area contributed by atoms with E-state index in [1.807, 2.05) is 42.9 Å². The fourth-order valence-electron chi connectivity index (χ4n) is 4.04. The van der Waals surface area contributed by atoms with Crippen molar-refractivity contribution >= 4 is 5.65 Å². The first-order chi connectivity index (χ1) is 16.0. The molecule has 0 bridgehead atoms. The summed E-state index contributed by atoms with van der Waals surface area (Å²) in [7, 11) is 0. The summed E-state index contributed by atoms with van der Waals surface area (Å²) in [6.07, 6.45) is 5.12. The third-order valence-electron chi connectivity index (χ3n) is 5.71. The molecule has 2 aromatic carbocycles. The van der Waals surface area contributed by atoms with Gasteiger partial charge >= 0.3 is 0 Å². The van der Waals surface area contributed by atoms with Crippen LogP contribution in [0.1, 0.15) is 36.5 Å². The lowest BCUT2D eigenvalue weighted by Crippen LogP contribution is -2.22. The average Bonchev–Trinajstić information content (AvgIpc) is 3.47.